The van der Waals surface area contributed by atoms with Gasteiger partial charge in [-0.3, -0.25) is 0 Å². The van der Waals surface area contributed by atoms with Gasteiger partial charge < -0.3 is 5.11 Å². The van der Waals surface area contributed by atoms with E-state index >= 15 is 0 Å². The van der Waals surface area contributed by atoms with Crippen molar-refractivity contribution in [3.63, 3.8) is 0 Å². The summed E-state index contributed by atoms with van der Waals surface area (Å²) in [5, 5.41) is 9.12. The molecule has 0 heterocycles. The molecular formula is C7H12O. The second-order valence-corrected chi connectivity index (χ2v) is 3.15. The van der Waals surface area contributed by atoms with E-state index in [4.69, 9.17) is 5.11 Å². The molecule has 0 amide bonds. The Kier molecular flexibility index (Phi) is 0.884. The maximum absolute atomic E-state index is 9.12. The van der Waals surface area contributed by atoms with Crippen LogP contribution >= 0.6 is 0 Å². The third-order valence-corrected chi connectivity index (χ3v) is 2.52. The highest BCUT2D eigenvalue weighted by molar-refractivity contribution is 4.91. The molecule has 0 aromatic carbocycles. The van der Waals surface area contributed by atoms with Gasteiger partial charge in [0.05, 0.1) is 6.10 Å². The van der Waals surface area contributed by atoms with Crippen LogP contribution in [-0.4, -0.2) is 11.2 Å². The molecule has 2 fully saturated rings. The van der Waals surface area contributed by atoms with Crippen LogP contribution in [0.4, 0.5) is 0 Å². The first-order chi connectivity index (χ1) is 3.88. The first-order valence-corrected chi connectivity index (χ1v) is 3.56. The molecule has 2 rings (SSSR count). The fourth-order valence-corrected chi connectivity index (χ4v) is 1.58. The summed E-state index contributed by atoms with van der Waals surface area (Å²) in [5.41, 5.74) is 0. The zero-order valence-corrected chi connectivity index (χ0v) is 5.01. The smallest absolute Gasteiger partial charge is 0.0571 e. The number of aliphatic hydroxyl groups excluding tert-OH is 1. The molecule has 0 unspecified atom stereocenters. The van der Waals surface area contributed by atoms with Gasteiger partial charge >= 0.3 is 0 Å². The fraction of sp³-hybridized carbons (Fsp3) is 1.00. The Bertz CT molecular complexity index is 94.6. The van der Waals surface area contributed by atoms with E-state index in [9.17, 15) is 0 Å². The average molecular weight is 112 g/mol. The molecule has 0 spiro atoms. The summed E-state index contributed by atoms with van der Waals surface area (Å²) in [6.45, 7) is 0. The van der Waals surface area contributed by atoms with Crippen molar-refractivity contribution in [1.82, 2.24) is 0 Å². The van der Waals surface area contributed by atoms with Gasteiger partial charge in [0.15, 0.2) is 0 Å². The molecule has 2 atom stereocenters. The first kappa shape index (κ1) is 4.80. The number of hydrogen-bond donors (Lipinski definition) is 1. The molecule has 2 aliphatic carbocycles. The highest BCUT2D eigenvalue weighted by Gasteiger charge is 2.40. The Morgan fingerprint density at radius 2 is 1.75 bits per heavy atom. The molecule has 2 aliphatic rings. The van der Waals surface area contributed by atoms with Gasteiger partial charge in [-0.1, -0.05) is 0 Å². The van der Waals surface area contributed by atoms with Gasteiger partial charge in [0.2, 0.25) is 0 Å². The van der Waals surface area contributed by atoms with E-state index in [1.54, 1.807) is 0 Å². The van der Waals surface area contributed by atoms with Crippen LogP contribution in [0.3, 0.4) is 0 Å². The van der Waals surface area contributed by atoms with E-state index < -0.39 is 0 Å². The minimum Gasteiger partial charge on any atom is -0.393 e. The van der Waals surface area contributed by atoms with Crippen molar-refractivity contribution in [1.29, 1.82) is 0 Å². The minimum absolute atomic E-state index is 0.0856. The van der Waals surface area contributed by atoms with Crippen LogP contribution in [0.5, 0.6) is 0 Å². The molecule has 0 radical (unpaired) electrons. The van der Waals surface area contributed by atoms with Gasteiger partial charge in [0.25, 0.3) is 0 Å². The lowest BCUT2D eigenvalue weighted by atomic mass is 9.78. The Morgan fingerprint density at radius 3 is 1.88 bits per heavy atom. The third kappa shape index (κ3) is 0.576. The largest absolute Gasteiger partial charge is 0.393 e. The quantitative estimate of drug-likeness (QED) is 0.539. The Morgan fingerprint density at radius 1 is 1.00 bits per heavy atom. The molecular weight excluding hydrogens is 100 g/mol. The predicted octanol–water partition coefficient (Wildman–Crippen LogP) is 1.17. The van der Waals surface area contributed by atoms with Gasteiger partial charge in [-0.05, 0) is 37.5 Å². The SMILES string of the molecule is O[C@H]1CC[C@H]1C1CC1. The molecule has 0 aliphatic heterocycles. The highest BCUT2D eigenvalue weighted by atomic mass is 16.3. The van der Waals surface area contributed by atoms with Crippen molar-refractivity contribution >= 4 is 0 Å². The van der Waals surface area contributed by atoms with Crippen molar-refractivity contribution in [3.8, 4) is 0 Å². The number of rotatable bonds is 1. The number of aliphatic hydroxyl groups is 1. The number of hydrogen-bond acceptors (Lipinski definition) is 1. The van der Waals surface area contributed by atoms with E-state index in [0.717, 1.165) is 18.3 Å². The predicted molar refractivity (Wildman–Crippen MR) is 31.5 cm³/mol. The monoisotopic (exact) mass is 112 g/mol. The molecule has 0 aromatic heterocycles. The van der Waals surface area contributed by atoms with E-state index in [0.29, 0.717) is 0 Å². The molecule has 46 valence electrons. The van der Waals surface area contributed by atoms with Crippen molar-refractivity contribution in [3.05, 3.63) is 0 Å². The fourth-order valence-electron chi connectivity index (χ4n) is 1.58. The summed E-state index contributed by atoms with van der Waals surface area (Å²) in [5.74, 6) is 1.65. The van der Waals surface area contributed by atoms with Gasteiger partial charge in [-0.2, -0.15) is 0 Å². The third-order valence-electron chi connectivity index (χ3n) is 2.52. The summed E-state index contributed by atoms with van der Waals surface area (Å²) in [7, 11) is 0. The van der Waals surface area contributed by atoms with Crippen LogP contribution in [0.15, 0.2) is 0 Å². The van der Waals surface area contributed by atoms with Crippen molar-refractivity contribution in [2.75, 3.05) is 0 Å². The normalized spacial score (nSPS) is 46.1. The van der Waals surface area contributed by atoms with Gasteiger partial charge in [0, 0.05) is 0 Å². The lowest BCUT2D eigenvalue weighted by molar-refractivity contribution is 0.0118. The average Bonchev–Trinajstić information content (AvgIpc) is 2.46. The Labute approximate surface area is 49.7 Å². The summed E-state index contributed by atoms with van der Waals surface area (Å²) in [4.78, 5) is 0. The molecule has 0 saturated heterocycles. The van der Waals surface area contributed by atoms with Crippen molar-refractivity contribution in [2.45, 2.75) is 31.8 Å². The topological polar surface area (TPSA) is 20.2 Å². The molecule has 1 nitrogen and oxygen atoms in total. The molecule has 0 bridgehead atoms. The zero-order chi connectivity index (χ0) is 5.56. The minimum atomic E-state index is 0.0856. The highest BCUT2D eigenvalue weighted by Crippen LogP contribution is 2.46. The van der Waals surface area contributed by atoms with Gasteiger partial charge in [-0.25, -0.2) is 0 Å². The second kappa shape index (κ2) is 1.47. The van der Waals surface area contributed by atoms with E-state index in [1.807, 2.05) is 0 Å². The van der Waals surface area contributed by atoms with Crippen LogP contribution in [0, 0.1) is 11.8 Å². The Balaban J connectivity index is 1.87. The summed E-state index contributed by atoms with van der Waals surface area (Å²) in [6, 6.07) is 0. The van der Waals surface area contributed by atoms with Crippen LogP contribution in [-0.2, 0) is 0 Å². The summed E-state index contributed by atoms with van der Waals surface area (Å²) < 4.78 is 0. The first-order valence-electron chi connectivity index (χ1n) is 3.56. The Hall–Kier alpha value is -0.0400. The van der Waals surface area contributed by atoms with E-state index in [-0.39, 0.29) is 6.10 Å². The molecule has 2 saturated carbocycles. The lowest BCUT2D eigenvalue weighted by Crippen LogP contribution is -2.32. The zero-order valence-electron chi connectivity index (χ0n) is 5.01. The van der Waals surface area contributed by atoms with Gasteiger partial charge in [-0.15, -0.1) is 0 Å². The molecule has 0 aromatic rings. The summed E-state index contributed by atoms with van der Waals surface area (Å²) in [6.07, 6.45) is 5.23. The maximum Gasteiger partial charge on any atom is 0.0571 e. The molecule has 1 N–H and O–H groups in total. The maximum atomic E-state index is 9.12. The van der Waals surface area contributed by atoms with Crippen LogP contribution in [0.1, 0.15) is 25.7 Å². The molecule has 1 heteroatoms. The standard InChI is InChI=1S/C7H12O/c8-7-4-3-6(7)5-1-2-5/h5-8H,1-4H2/t6-,7-/m0/s1. The summed E-state index contributed by atoms with van der Waals surface area (Å²) >= 11 is 0. The lowest BCUT2D eigenvalue weighted by Gasteiger charge is -2.32. The second-order valence-electron chi connectivity index (χ2n) is 3.15. The van der Waals surface area contributed by atoms with E-state index in [1.165, 1.54) is 19.3 Å². The van der Waals surface area contributed by atoms with Crippen molar-refractivity contribution in [2.24, 2.45) is 11.8 Å². The van der Waals surface area contributed by atoms with Crippen LogP contribution in [0.2, 0.25) is 0 Å². The van der Waals surface area contributed by atoms with Crippen molar-refractivity contribution < 1.29 is 5.11 Å². The van der Waals surface area contributed by atoms with Crippen LogP contribution < -0.4 is 0 Å². The van der Waals surface area contributed by atoms with Crippen LogP contribution in [0.25, 0.3) is 0 Å². The van der Waals surface area contributed by atoms with Gasteiger partial charge in [0.1, 0.15) is 0 Å². The molecule has 8 heavy (non-hydrogen) atoms. The van der Waals surface area contributed by atoms with E-state index in [2.05, 4.69) is 0 Å².